The summed E-state index contributed by atoms with van der Waals surface area (Å²) in [5, 5.41) is 0. The zero-order chi connectivity index (χ0) is 10.1. The van der Waals surface area contributed by atoms with Gasteiger partial charge in [-0.1, -0.05) is 0 Å². The van der Waals surface area contributed by atoms with E-state index in [1.807, 2.05) is 6.92 Å². The summed E-state index contributed by atoms with van der Waals surface area (Å²) in [6, 6.07) is 0. The molecule has 0 aliphatic heterocycles. The molecule has 0 fully saturated rings. The number of ether oxygens (including phenoxy) is 1. The van der Waals surface area contributed by atoms with Crippen molar-refractivity contribution >= 4 is 26.9 Å². The van der Waals surface area contributed by atoms with E-state index in [4.69, 9.17) is 4.74 Å². The zero-order valence-electron chi connectivity index (χ0n) is 9.84. The van der Waals surface area contributed by atoms with E-state index < -0.39 is 0 Å². The van der Waals surface area contributed by atoms with Gasteiger partial charge in [0, 0.05) is 0 Å². The van der Waals surface area contributed by atoms with Crippen LogP contribution in [0, 0.1) is 0 Å². The molecule has 3 heteroatoms. The molecule has 0 amide bonds. The maximum Gasteiger partial charge on any atom is 1.00 e. The number of carbonyl (C=O) groups is 1. The Bertz CT molecular complexity index is 142. The minimum atomic E-state index is -0.0604. The van der Waals surface area contributed by atoms with E-state index in [1.54, 1.807) is 0 Å². The Morgan fingerprint density at radius 1 is 1.54 bits per heavy atom. The van der Waals surface area contributed by atoms with Gasteiger partial charge in [0.05, 0.1) is 0 Å². The standard InChI is InChI=1S/C10H20O2Te/c1-4-6-7-13-9(3)8-12-10(11)5-2/h9H,4-8H2,1-3H3/p+1. The summed E-state index contributed by atoms with van der Waals surface area (Å²) in [4.78, 5) is 10.8. The van der Waals surface area contributed by atoms with Gasteiger partial charge in [0.2, 0.25) is 0 Å². The van der Waals surface area contributed by atoms with Crippen molar-refractivity contribution in [3.63, 3.8) is 0 Å². The molecule has 0 aromatic heterocycles. The molecule has 0 spiro atoms. The van der Waals surface area contributed by atoms with Crippen LogP contribution in [0.4, 0.5) is 0 Å². The topological polar surface area (TPSA) is 26.3 Å². The number of unbranched alkanes of at least 4 members (excludes halogenated alkanes) is 1. The molecule has 78 valence electrons. The van der Waals surface area contributed by atoms with Crippen LogP contribution < -0.4 is 0 Å². The predicted molar refractivity (Wildman–Crippen MR) is 57.3 cm³/mol. The van der Waals surface area contributed by atoms with E-state index in [-0.39, 0.29) is 28.3 Å². The van der Waals surface area contributed by atoms with Crippen LogP contribution in [0.15, 0.2) is 0 Å². The van der Waals surface area contributed by atoms with Gasteiger partial charge in [-0.05, 0) is 0 Å². The van der Waals surface area contributed by atoms with Gasteiger partial charge in [0.15, 0.2) is 0 Å². The molecule has 0 aliphatic rings. The molecule has 0 saturated heterocycles. The van der Waals surface area contributed by atoms with Crippen molar-refractivity contribution in [1.82, 2.24) is 0 Å². The Balaban J connectivity index is 0. The Morgan fingerprint density at radius 2 is 2.23 bits per heavy atom. The van der Waals surface area contributed by atoms with Gasteiger partial charge < -0.3 is 0 Å². The monoisotopic (exact) mass is 303 g/mol. The first kappa shape index (κ1) is 13.3. The van der Waals surface area contributed by atoms with Gasteiger partial charge in [-0.2, -0.15) is 0 Å². The van der Waals surface area contributed by atoms with Gasteiger partial charge in [0.1, 0.15) is 0 Å². The first-order chi connectivity index (χ1) is 6.20. The van der Waals surface area contributed by atoms with Crippen molar-refractivity contribution in [2.45, 2.75) is 48.5 Å². The van der Waals surface area contributed by atoms with Crippen LogP contribution in [-0.4, -0.2) is 33.5 Å². The SMILES string of the molecule is CCCC[Te]C(C)COC(=O)CC.[H+]. The third-order valence-corrected chi connectivity index (χ3v) is 5.18. The molecule has 0 bridgehead atoms. The fraction of sp³-hybridized carbons (Fsp3) is 0.900. The predicted octanol–water partition coefficient (Wildman–Crippen LogP) is 2.78. The van der Waals surface area contributed by atoms with Crippen LogP contribution in [-0.2, 0) is 9.53 Å². The Kier molecular flexibility index (Phi) is 9.02. The minimum Gasteiger partial charge on any atom is 1.00 e. The van der Waals surface area contributed by atoms with Crippen LogP contribution in [0.2, 0.25) is 8.43 Å². The van der Waals surface area contributed by atoms with Crippen LogP contribution in [0.5, 0.6) is 0 Å². The largest absolute Gasteiger partial charge is 1.00 e. The van der Waals surface area contributed by atoms with Gasteiger partial charge in [0.25, 0.3) is 0 Å². The van der Waals surface area contributed by atoms with Crippen molar-refractivity contribution in [2.24, 2.45) is 0 Å². The second kappa shape index (κ2) is 8.84. The maximum absolute atomic E-state index is 10.8. The summed E-state index contributed by atoms with van der Waals surface area (Å²) in [6.07, 6.45) is 3.13. The molecule has 0 aliphatic carbocycles. The number of hydrogen-bond donors (Lipinski definition) is 0. The second-order valence-corrected chi connectivity index (χ2v) is 7.48. The van der Waals surface area contributed by atoms with Crippen molar-refractivity contribution in [1.29, 1.82) is 0 Å². The Morgan fingerprint density at radius 3 is 2.77 bits per heavy atom. The summed E-state index contributed by atoms with van der Waals surface area (Å²) in [5.41, 5.74) is 0. The minimum absolute atomic E-state index is 0. The summed E-state index contributed by atoms with van der Waals surface area (Å²) in [5.74, 6) is -0.0604. The van der Waals surface area contributed by atoms with E-state index in [0.29, 0.717) is 17.0 Å². The van der Waals surface area contributed by atoms with Gasteiger partial charge in [-0.25, -0.2) is 0 Å². The summed E-state index contributed by atoms with van der Waals surface area (Å²) >= 11 is 0.0720. The van der Waals surface area contributed by atoms with Crippen molar-refractivity contribution in [3.05, 3.63) is 0 Å². The van der Waals surface area contributed by atoms with Gasteiger partial charge >= 0.3 is 92.9 Å². The third kappa shape index (κ3) is 8.59. The average molecular weight is 301 g/mol. The van der Waals surface area contributed by atoms with E-state index in [9.17, 15) is 4.79 Å². The van der Waals surface area contributed by atoms with Crippen LogP contribution in [0.1, 0.15) is 41.5 Å². The number of esters is 1. The molecule has 0 radical (unpaired) electrons. The fourth-order valence-electron chi connectivity index (χ4n) is 0.789. The molecular formula is C10H21O2Te+. The van der Waals surface area contributed by atoms with E-state index in [1.165, 1.54) is 17.3 Å². The van der Waals surface area contributed by atoms with Gasteiger partial charge in [-0.15, -0.1) is 0 Å². The molecule has 0 saturated carbocycles. The van der Waals surface area contributed by atoms with Crippen molar-refractivity contribution in [2.75, 3.05) is 6.61 Å². The van der Waals surface area contributed by atoms with E-state index in [2.05, 4.69) is 13.8 Å². The van der Waals surface area contributed by atoms with Crippen LogP contribution in [0.3, 0.4) is 0 Å². The maximum atomic E-state index is 10.8. The Hall–Kier alpha value is 0.260. The summed E-state index contributed by atoms with van der Waals surface area (Å²) < 4.78 is 7.10. The normalized spacial score (nSPS) is 12.5. The molecule has 0 aromatic rings. The first-order valence-corrected chi connectivity index (χ1v) is 7.97. The number of carbonyl (C=O) groups excluding carboxylic acids is 1. The smallest absolute Gasteiger partial charge is 1.00 e. The van der Waals surface area contributed by atoms with E-state index >= 15 is 0 Å². The molecule has 13 heavy (non-hydrogen) atoms. The Labute approximate surface area is 93.0 Å². The molecule has 1 unspecified atom stereocenters. The molecule has 2 nitrogen and oxygen atoms in total. The molecule has 1 atom stereocenters. The van der Waals surface area contributed by atoms with Crippen LogP contribution >= 0.6 is 0 Å². The van der Waals surface area contributed by atoms with Crippen LogP contribution in [0.25, 0.3) is 0 Å². The fourth-order valence-corrected chi connectivity index (χ4v) is 3.71. The summed E-state index contributed by atoms with van der Waals surface area (Å²) in [6.45, 7) is 6.90. The molecule has 0 N–H and O–H groups in total. The van der Waals surface area contributed by atoms with Crippen molar-refractivity contribution in [3.8, 4) is 0 Å². The quantitative estimate of drug-likeness (QED) is 0.410. The molecule has 0 rings (SSSR count). The zero-order valence-corrected chi connectivity index (χ0v) is 11.2. The molecule has 0 heterocycles. The van der Waals surface area contributed by atoms with Crippen molar-refractivity contribution < 1.29 is 11.0 Å². The average Bonchev–Trinajstić information content (AvgIpc) is 2.14. The first-order valence-electron chi connectivity index (χ1n) is 4.97. The number of rotatable bonds is 7. The summed E-state index contributed by atoms with van der Waals surface area (Å²) in [7, 11) is 0. The van der Waals surface area contributed by atoms with E-state index in [0.717, 1.165) is 0 Å². The van der Waals surface area contributed by atoms with Gasteiger partial charge in [-0.3, -0.25) is 0 Å². The second-order valence-electron chi connectivity index (χ2n) is 3.07. The third-order valence-electron chi connectivity index (χ3n) is 1.67. The number of hydrogen-bond acceptors (Lipinski definition) is 2. The molecule has 0 aromatic carbocycles. The molecular weight excluding hydrogens is 280 g/mol.